The Morgan fingerprint density at radius 1 is 0.246 bits per heavy atom. The maximum atomic E-state index is 5.22. The summed E-state index contributed by atoms with van der Waals surface area (Å²) in [6, 6.07) is 68.4. The van der Waals surface area contributed by atoms with E-state index in [1.54, 1.807) is 0 Å². The second-order valence-electron chi connectivity index (χ2n) is 14.5. The normalized spacial score (nSPS) is 11.9. The Morgan fingerprint density at radius 3 is 0.807 bits per heavy atom. The molecule has 0 bridgehead atoms. The molecule has 12 rings (SSSR count). The Labute approximate surface area is 327 Å². The van der Waals surface area contributed by atoms with Gasteiger partial charge in [-0.3, -0.25) is 4.57 Å². The molecular formula is C51H32N6. The quantitative estimate of drug-likeness (QED) is 0.177. The van der Waals surface area contributed by atoms with Crippen LogP contribution < -0.4 is 0 Å². The third-order valence-corrected chi connectivity index (χ3v) is 11.3. The van der Waals surface area contributed by atoms with Gasteiger partial charge >= 0.3 is 0 Å². The molecule has 0 aliphatic rings. The number of nitrogens with zero attached hydrogens (tertiary/aromatic N) is 6. The molecule has 0 atom stereocenters. The van der Waals surface area contributed by atoms with Crippen molar-refractivity contribution in [2.45, 2.75) is 0 Å². The van der Waals surface area contributed by atoms with Crippen LogP contribution in [0.15, 0.2) is 194 Å². The zero-order valence-corrected chi connectivity index (χ0v) is 30.7. The molecule has 4 heterocycles. The second-order valence-corrected chi connectivity index (χ2v) is 14.5. The first kappa shape index (κ1) is 31.5. The summed E-state index contributed by atoms with van der Waals surface area (Å²) in [5, 5.41) is 7.25. The van der Waals surface area contributed by atoms with Crippen molar-refractivity contribution in [3.05, 3.63) is 194 Å². The van der Waals surface area contributed by atoms with Gasteiger partial charge in [0.25, 0.3) is 0 Å². The smallest absolute Gasteiger partial charge is 0.238 e. The topological polar surface area (TPSA) is 53.5 Å². The molecule has 57 heavy (non-hydrogen) atoms. The lowest BCUT2D eigenvalue weighted by molar-refractivity contribution is 0.953. The second kappa shape index (κ2) is 12.3. The SMILES string of the molecule is c1ccc2c(c1)c1ccccc1n2-c1ccc(-c2nc(-c3ccc(-n4c5ccccc5c5ccccc54)cc3)nc(-n3c4ccccc4c4ccccc43)n2)cc1. The van der Waals surface area contributed by atoms with Crippen LogP contribution in [0.1, 0.15) is 0 Å². The van der Waals surface area contributed by atoms with Gasteiger partial charge in [0.1, 0.15) is 0 Å². The number of benzene rings is 8. The zero-order valence-electron chi connectivity index (χ0n) is 30.7. The fourth-order valence-electron chi connectivity index (χ4n) is 8.78. The molecule has 8 aromatic carbocycles. The highest BCUT2D eigenvalue weighted by molar-refractivity contribution is 6.11. The molecule has 0 fully saturated rings. The van der Waals surface area contributed by atoms with Crippen LogP contribution in [0.5, 0.6) is 0 Å². The average molecular weight is 729 g/mol. The van der Waals surface area contributed by atoms with Crippen LogP contribution in [0.4, 0.5) is 0 Å². The lowest BCUT2D eigenvalue weighted by atomic mass is 10.1. The summed E-state index contributed by atoms with van der Waals surface area (Å²) in [5.41, 5.74) is 10.8. The van der Waals surface area contributed by atoms with Crippen LogP contribution in [-0.2, 0) is 0 Å². The molecule has 6 heteroatoms. The van der Waals surface area contributed by atoms with Crippen LogP contribution in [0, 0.1) is 0 Å². The van der Waals surface area contributed by atoms with Crippen molar-refractivity contribution in [1.29, 1.82) is 0 Å². The van der Waals surface area contributed by atoms with Crippen molar-refractivity contribution >= 4 is 65.4 Å². The molecule has 0 aliphatic carbocycles. The highest BCUT2D eigenvalue weighted by Crippen LogP contribution is 2.36. The first-order valence-corrected chi connectivity index (χ1v) is 19.2. The van der Waals surface area contributed by atoms with Gasteiger partial charge in [0.15, 0.2) is 11.6 Å². The summed E-state index contributed by atoms with van der Waals surface area (Å²) in [4.78, 5) is 15.6. The molecule has 0 saturated heterocycles. The van der Waals surface area contributed by atoms with E-state index in [-0.39, 0.29) is 0 Å². The van der Waals surface area contributed by atoms with Crippen LogP contribution >= 0.6 is 0 Å². The van der Waals surface area contributed by atoms with Crippen LogP contribution in [0.2, 0.25) is 0 Å². The molecule has 0 unspecified atom stereocenters. The average Bonchev–Trinajstić information content (AvgIpc) is 3.92. The van der Waals surface area contributed by atoms with E-state index in [0.29, 0.717) is 17.6 Å². The maximum Gasteiger partial charge on any atom is 0.238 e. The minimum atomic E-state index is 0.574. The van der Waals surface area contributed by atoms with Crippen molar-refractivity contribution in [1.82, 2.24) is 28.7 Å². The number of hydrogen-bond acceptors (Lipinski definition) is 3. The Hall–Kier alpha value is -7.83. The van der Waals surface area contributed by atoms with Gasteiger partial charge in [-0.2, -0.15) is 9.97 Å². The summed E-state index contributed by atoms with van der Waals surface area (Å²) < 4.78 is 6.82. The molecule has 0 amide bonds. The van der Waals surface area contributed by atoms with E-state index in [0.717, 1.165) is 44.3 Å². The number of fused-ring (bicyclic) bond motifs is 9. The van der Waals surface area contributed by atoms with Crippen molar-refractivity contribution in [2.75, 3.05) is 0 Å². The molecule has 266 valence electrons. The predicted molar refractivity (Wildman–Crippen MR) is 234 cm³/mol. The molecule has 12 aromatic rings. The largest absolute Gasteiger partial charge is 0.309 e. The van der Waals surface area contributed by atoms with Gasteiger partial charge in [-0.05, 0) is 84.9 Å². The van der Waals surface area contributed by atoms with Gasteiger partial charge in [-0.15, -0.1) is 0 Å². The number of para-hydroxylation sites is 6. The Bertz CT molecular complexity index is 3180. The Kier molecular flexibility index (Phi) is 6.83. The highest BCUT2D eigenvalue weighted by atomic mass is 15.2. The van der Waals surface area contributed by atoms with E-state index in [4.69, 9.17) is 15.0 Å². The van der Waals surface area contributed by atoms with Crippen LogP contribution in [0.25, 0.3) is 106 Å². The molecule has 6 nitrogen and oxygen atoms in total. The van der Waals surface area contributed by atoms with Gasteiger partial charge in [-0.1, -0.05) is 109 Å². The van der Waals surface area contributed by atoms with E-state index in [9.17, 15) is 0 Å². The van der Waals surface area contributed by atoms with Crippen LogP contribution in [-0.4, -0.2) is 28.7 Å². The molecule has 0 radical (unpaired) electrons. The number of hydrogen-bond donors (Lipinski definition) is 0. The van der Waals surface area contributed by atoms with Crippen LogP contribution in [0.3, 0.4) is 0 Å². The zero-order chi connectivity index (χ0) is 37.5. The van der Waals surface area contributed by atoms with Crippen molar-refractivity contribution in [3.8, 4) is 40.1 Å². The summed E-state index contributed by atoms with van der Waals surface area (Å²) in [6.45, 7) is 0. The monoisotopic (exact) mass is 728 g/mol. The lowest BCUT2D eigenvalue weighted by Crippen LogP contribution is -2.06. The summed E-state index contributed by atoms with van der Waals surface area (Å²) in [7, 11) is 0. The fourth-order valence-corrected chi connectivity index (χ4v) is 8.78. The van der Waals surface area contributed by atoms with Gasteiger partial charge in [0, 0.05) is 54.8 Å². The third kappa shape index (κ3) is 4.81. The number of aromatic nitrogens is 6. The number of rotatable bonds is 5. The fraction of sp³-hybridized carbons (Fsp3) is 0. The molecule has 0 spiro atoms. The van der Waals surface area contributed by atoms with Crippen molar-refractivity contribution in [3.63, 3.8) is 0 Å². The molecule has 0 aliphatic heterocycles. The standard InChI is InChI=1S/C51H32N6/c1-7-19-43-37(13-1)38-14-2-8-20-44(38)55(43)35-29-25-33(26-30-35)49-52-50(54-51(53-49)57-47-23-11-5-17-41(47)42-18-6-12-24-48(42)57)34-27-31-36(32-28-34)56-45-21-9-3-15-39(45)40-16-4-10-22-46(40)56/h1-32H. The first-order chi connectivity index (χ1) is 28.3. The minimum absolute atomic E-state index is 0.574. The Balaban J connectivity index is 1.03. The molecular weight excluding hydrogens is 697 g/mol. The molecule has 0 N–H and O–H groups in total. The maximum absolute atomic E-state index is 5.22. The molecule has 4 aromatic heterocycles. The summed E-state index contributed by atoms with van der Waals surface area (Å²) in [5.74, 6) is 1.79. The van der Waals surface area contributed by atoms with Crippen molar-refractivity contribution < 1.29 is 0 Å². The summed E-state index contributed by atoms with van der Waals surface area (Å²) in [6.07, 6.45) is 0. The lowest BCUT2D eigenvalue weighted by Gasteiger charge is -2.13. The molecule has 0 saturated carbocycles. The Morgan fingerprint density at radius 2 is 0.509 bits per heavy atom. The van der Waals surface area contributed by atoms with E-state index in [1.165, 1.54) is 43.6 Å². The van der Waals surface area contributed by atoms with Gasteiger partial charge in [0.2, 0.25) is 5.95 Å². The van der Waals surface area contributed by atoms with E-state index >= 15 is 0 Å². The highest BCUT2D eigenvalue weighted by Gasteiger charge is 2.19. The van der Waals surface area contributed by atoms with Crippen molar-refractivity contribution in [2.24, 2.45) is 0 Å². The summed E-state index contributed by atoms with van der Waals surface area (Å²) >= 11 is 0. The third-order valence-electron chi connectivity index (χ3n) is 11.3. The van der Waals surface area contributed by atoms with E-state index in [1.807, 2.05) is 0 Å². The minimum Gasteiger partial charge on any atom is -0.309 e. The predicted octanol–water partition coefficient (Wildman–Crippen LogP) is 12.5. The van der Waals surface area contributed by atoms with E-state index in [2.05, 4.69) is 208 Å². The first-order valence-electron chi connectivity index (χ1n) is 19.2. The van der Waals surface area contributed by atoms with E-state index < -0.39 is 0 Å². The van der Waals surface area contributed by atoms with Gasteiger partial charge in [0.05, 0.1) is 33.1 Å². The van der Waals surface area contributed by atoms with Gasteiger partial charge < -0.3 is 9.13 Å². The van der Waals surface area contributed by atoms with Gasteiger partial charge in [-0.25, -0.2) is 4.98 Å².